The molecule has 4 rings (SSSR count). The number of aliphatic hydroxyl groups excluding tert-OH is 1. The van der Waals surface area contributed by atoms with Crippen molar-refractivity contribution in [2.24, 2.45) is 11.8 Å². The van der Waals surface area contributed by atoms with Crippen molar-refractivity contribution in [2.45, 2.75) is 128 Å². The third kappa shape index (κ3) is 12.1. The predicted molar refractivity (Wildman–Crippen MR) is 188 cm³/mol. The number of carbonyl (C=O) groups is 3. The summed E-state index contributed by atoms with van der Waals surface area (Å²) in [6.07, 6.45) is 15.5. The Morgan fingerprint density at radius 3 is 2.31 bits per heavy atom. The van der Waals surface area contributed by atoms with Gasteiger partial charge in [0.2, 0.25) is 0 Å². The van der Waals surface area contributed by atoms with E-state index in [1.54, 1.807) is 22.8 Å². The molecule has 0 aromatic heterocycles. The minimum absolute atomic E-state index is 0.0145. The number of aliphatic hydroxyl groups is 2. The minimum Gasteiger partial charge on any atom is -0.457 e. The van der Waals surface area contributed by atoms with Gasteiger partial charge in [-0.1, -0.05) is 63.8 Å². The largest absolute Gasteiger partial charge is 0.457 e. The van der Waals surface area contributed by atoms with E-state index >= 15 is 0 Å². The molecular weight excluding hydrogens is 626 g/mol. The minimum atomic E-state index is -1.46. The standard InChI is InChI=1S/C38H61N3O8/c1-28(27-47-36(44)40-20-9-10-21-40)12-11-13-29(2)35-30(3)16-17-33(38(4,46)19-18-32(42)26-34(43)49-35)48-37(45)41-24-22-39(23-25-41)31-14-7-5-6-8-15-31/h11-13,16-17,28,30-33,35,42,46H,5-10,14-15,18-27H2,1-4H3/b12-11+,17-16-,29-13+/t28-,30-,32+,33-,35+,38+/m0/s1. The Bertz CT molecular complexity index is 1160. The van der Waals surface area contributed by atoms with Crippen LogP contribution in [0.4, 0.5) is 9.59 Å². The van der Waals surface area contributed by atoms with Crippen LogP contribution in [0.15, 0.2) is 36.0 Å². The zero-order chi connectivity index (χ0) is 35.4. The molecule has 49 heavy (non-hydrogen) atoms. The van der Waals surface area contributed by atoms with Crippen LogP contribution in [-0.2, 0) is 19.0 Å². The van der Waals surface area contributed by atoms with Gasteiger partial charge in [-0.05, 0) is 64.0 Å². The zero-order valence-corrected chi connectivity index (χ0v) is 30.3. The van der Waals surface area contributed by atoms with E-state index in [4.69, 9.17) is 14.2 Å². The molecule has 0 bridgehead atoms. The number of amides is 2. The van der Waals surface area contributed by atoms with Crippen LogP contribution < -0.4 is 0 Å². The van der Waals surface area contributed by atoms with E-state index in [2.05, 4.69) is 4.90 Å². The lowest BCUT2D eigenvalue weighted by Crippen LogP contribution is -2.53. The highest BCUT2D eigenvalue weighted by atomic mass is 16.6. The van der Waals surface area contributed by atoms with Gasteiger partial charge in [-0.15, -0.1) is 0 Å². The van der Waals surface area contributed by atoms with Gasteiger partial charge in [0.25, 0.3) is 0 Å². The monoisotopic (exact) mass is 687 g/mol. The van der Waals surface area contributed by atoms with Crippen LogP contribution in [0.3, 0.4) is 0 Å². The summed E-state index contributed by atoms with van der Waals surface area (Å²) in [7, 11) is 0. The topological polar surface area (TPSA) is 129 Å². The second-order valence-corrected chi connectivity index (χ2v) is 14.9. The third-order valence-corrected chi connectivity index (χ3v) is 10.5. The van der Waals surface area contributed by atoms with Crippen molar-refractivity contribution in [3.05, 3.63) is 36.0 Å². The first kappa shape index (κ1) is 38.9. The molecule has 4 aliphatic rings. The summed E-state index contributed by atoms with van der Waals surface area (Å²) in [5.74, 6) is -0.869. The number of ether oxygens (including phenoxy) is 3. The van der Waals surface area contributed by atoms with Crippen molar-refractivity contribution in [3.8, 4) is 0 Å². The molecule has 2 N–H and O–H groups in total. The van der Waals surface area contributed by atoms with Gasteiger partial charge in [0, 0.05) is 57.1 Å². The van der Waals surface area contributed by atoms with Gasteiger partial charge >= 0.3 is 18.2 Å². The second-order valence-electron chi connectivity index (χ2n) is 14.9. The van der Waals surface area contributed by atoms with Gasteiger partial charge in [0.05, 0.1) is 19.1 Å². The van der Waals surface area contributed by atoms with E-state index in [0.29, 0.717) is 19.1 Å². The van der Waals surface area contributed by atoms with Crippen molar-refractivity contribution in [3.63, 3.8) is 0 Å². The maximum Gasteiger partial charge on any atom is 0.410 e. The molecule has 1 saturated carbocycles. The number of cyclic esters (lactones) is 1. The van der Waals surface area contributed by atoms with E-state index < -0.39 is 36.0 Å². The third-order valence-electron chi connectivity index (χ3n) is 10.5. The molecule has 0 unspecified atom stereocenters. The molecule has 1 aliphatic carbocycles. The van der Waals surface area contributed by atoms with Crippen LogP contribution in [0, 0.1) is 11.8 Å². The van der Waals surface area contributed by atoms with E-state index in [0.717, 1.165) is 44.6 Å². The van der Waals surface area contributed by atoms with Crippen molar-refractivity contribution >= 4 is 18.2 Å². The summed E-state index contributed by atoms with van der Waals surface area (Å²) in [6.45, 7) is 11.9. The van der Waals surface area contributed by atoms with Crippen LogP contribution in [0.1, 0.15) is 98.3 Å². The normalized spacial score (nSPS) is 31.7. The Morgan fingerprint density at radius 1 is 0.980 bits per heavy atom. The number of rotatable bonds is 7. The molecule has 2 amide bonds. The zero-order valence-electron chi connectivity index (χ0n) is 30.3. The van der Waals surface area contributed by atoms with Gasteiger partial charge in [0.15, 0.2) is 6.10 Å². The van der Waals surface area contributed by atoms with Crippen LogP contribution >= 0.6 is 0 Å². The van der Waals surface area contributed by atoms with Gasteiger partial charge < -0.3 is 34.2 Å². The fraction of sp³-hybridized carbons (Fsp3) is 0.763. The maximum absolute atomic E-state index is 13.4. The first-order chi connectivity index (χ1) is 23.4. The molecule has 3 heterocycles. The van der Waals surface area contributed by atoms with Crippen molar-refractivity contribution in [1.82, 2.24) is 14.7 Å². The Balaban J connectivity index is 1.40. The van der Waals surface area contributed by atoms with Gasteiger partial charge in [-0.3, -0.25) is 9.69 Å². The first-order valence-electron chi connectivity index (χ1n) is 18.7. The number of esters is 1. The smallest absolute Gasteiger partial charge is 0.410 e. The van der Waals surface area contributed by atoms with Crippen molar-refractivity contribution < 1.29 is 38.8 Å². The molecule has 2 saturated heterocycles. The van der Waals surface area contributed by atoms with Crippen molar-refractivity contribution in [2.75, 3.05) is 45.9 Å². The molecule has 0 aromatic carbocycles. The van der Waals surface area contributed by atoms with E-state index in [-0.39, 0.29) is 43.8 Å². The number of carbonyl (C=O) groups excluding carboxylic acids is 3. The quantitative estimate of drug-likeness (QED) is 0.116. The fourth-order valence-corrected chi connectivity index (χ4v) is 7.27. The van der Waals surface area contributed by atoms with Gasteiger partial charge in [-0.25, -0.2) is 9.59 Å². The van der Waals surface area contributed by atoms with E-state index in [1.165, 1.54) is 38.5 Å². The van der Waals surface area contributed by atoms with Crippen LogP contribution in [-0.4, -0.2) is 119 Å². The molecule has 6 atom stereocenters. The molecule has 0 spiro atoms. The van der Waals surface area contributed by atoms with Gasteiger partial charge in [0.1, 0.15) is 11.7 Å². The molecular formula is C38H61N3O8. The van der Waals surface area contributed by atoms with Crippen LogP contribution in [0.25, 0.3) is 0 Å². The van der Waals surface area contributed by atoms with E-state index in [1.807, 2.05) is 45.1 Å². The fourth-order valence-electron chi connectivity index (χ4n) is 7.27. The lowest BCUT2D eigenvalue weighted by atomic mass is 9.89. The predicted octanol–water partition coefficient (Wildman–Crippen LogP) is 5.60. The average molecular weight is 688 g/mol. The summed E-state index contributed by atoms with van der Waals surface area (Å²) in [5.41, 5.74) is -0.684. The van der Waals surface area contributed by atoms with Gasteiger partial charge in [-0.2, -0.15) is 0 Å². The first-order valence-corrected chi connectivity index (χ1v) is 18.7. The van der Waals surface area contributed by atoms with Crippen molar-refractivity contribution in [1.29, 1.82) is 0 Å². The lowest BCUT2D eigenvalue weighted by Gasteiger charge is -2.40. The summed E-state index contributed by atoms with van der Waals surface area (Å²) in [6, 6.07) is 0.589. The summed E-state index contributed by atoms with van der Waals surface area (Å²) in [5, 5.41) is 22.2. The van der Waals surface area contributed by atoms with E-state index in [9.17, 15) is 24.6 Å². The Kier molecular flexibility index (Phi) is 15.0. The maximum atomic E-state index is 13.4. The SMILES string of the molecule is C/C(=C\C=C\[C@H](C)COC(=O)N1CCCC1)[C@H]1OC(=O)C[C@H](O)CC[C@@](C)(O)[C@@H](OC(=O)N2CCN(C3CCCCCC3)CC2)/C=C\[C@@H]1C. The van der Waals surface area contributed by atoms with Crippen LogP contribution in [0.5, 0.6) is 0 Å². The Labute approximate surface area is 293 Å². The number of allylic oxidation sites excluding steroid dienone is 2. The highest BCUT2D eigenvalue weighted by Crippen LogP contribution is 2.28. The molecule has 11 heteroatoms. The molecule has 0 aromatic rings. The highest BCUT2D eigenvalue weighted by molar-refractivity contribution is 5.70. The molecule has 3 fully saturated rings. The Hall–Kier alpha value is -2.89. The molecule has 11 nitrogen and oxygen atoms in total. The number of nitrogens with zero attached hydrogens (tertiary/aromatic N) is 3. The average Bonchev–Trinajstić information content (AvgIpc) is 3.49. The number of piperazine rings is 1. The number of hydrogen-bond acceptors (Lipinski definition) is 9. The molecule has 3 aliphatic heterocycles. The Morgan fingerprint density at radius 2 is 1.63 bits per heavy atom. The van der Waals surface area contributed by atoms with Crippen LogP contribution in [0.2, 0.25) is 0 Å². The summed E-state index contributed by atoms with van der Waals surface area (Å²) in [4.78, 5) is 44.5. The number of hydrogen-bond donors (Lipinski definition) is 2. The number of likely N-dealkylation sites (tertiary alicyclic amines) is 1. The second kappa shape index (κ2) is 18.9. The summed E-state index contributed by atoms with van der Waals surface area (Å²) >= 11 is 0. The molecule has 0 radical (unpaired) electrons. The summed E-state index contributed by atoms with van der Waals surface area (Å²) < 4.78 is 17.3. The molecule has 276 valence electrons. The lowest BCUT2D eigenvalue weighted by molar-refractivity contribution is -0.151. The highest BCUT2D eigenvalue weighted by Gasteiger charge is 2.37.